The molecule has 0 bridgehead atoms. The molecule has 3 aromatic carbocycles. The number of rotatable bonds is 5. The predicted molar refractivity (Wildman–Crippen MR) is 133 cm³/mol. The molecule has 2 heterocycles. The molecule has 2 aliphatic rings. The zero-order chi connectivity index (χ0) is 23.9. The normalized spacial score (nSPS) is 19.0. The Morgan fingerprint density at radius 2 is 1.85 bits per heavy atom. The van der Waals surface area contributed by atoms with Gasteiger partial charge in [-0.1, -0.05) is 48.0 Å². The van der Waals surface area contributed by atoms with Crippen molar-refractivity contribution in [2.45, 2.75) is 4.87 Å². The van der Waals surface area contributed by atoms with Gasteiger partial charge in [-0.2, -0.15) is 0 Å². The van der Waals surface area contributed by atoms with Gasteiger partial charge in [0, 0.05) is 16.3 Å². The summed E-state index contributed by atoms with van der Waals surface area (Å²) in [7, 11) is 1.52. The van der Waals surface area contributed by atoms with Crippen molar-refractivity contribution in [2.75, 3.05) is 34.5 Å². The van der Waals surface area contributed by atoms with Crippen LogP contribution in [0.4, 0.5) is 17.1 Å². The molecule has 1 N–H and O–H groups in total. The van der Waals surface area contributed by atoms with Gasteiger partial charge in [-0.05, 0) is 36.4 Å². The molecule has 3 amide bonds. The quantitative estimate of drug-likeness (QED) is 0.574. The van der Waals surface area contributed by atoms with Gasteiger partial charge in [0.1, 0.15) is 12.3 Å². The van der Waals surface area contributed by atoms with Crippen LogP contribution in [0.15, 0.2) is 72.8 Å². The molecule has 0 radical (unpaired) electrons. The van der Waals surface area contributed by atoms with E-state index in [2.05, 4.69) is 5.32 Å². The minimum Gasteiger partial charge on any atom is -0.495 e. The van der Waals surface area contributed by atoms with Crippen LogP contribution in [0.3, 0.4) is 0 Å². The highest BCUT2D eigenvalue weighted by atomic mass is 35.5. The van der Waals surface area contributed by atoms with Crippen molar-refractivity contribution in [3.8, 4) is 5.75 Å². The zero-order valence-electron chi connectivity index (χ0n) is 18.2. The second-order valence-corrected chi connectivity index (χ2v) is 9.40. The maximum atomic E-state index is 14.0. The first kappa shape index (κ1) is 22.3. The summed E-state index contributed by atoms with van der Waals surface area (Å²) in [5.74, 6) is -0.276. The fourth-order valence-electron chi connectivity index (χ4n) is 4.41. The lowest BCUT2D eigenvalue weighted by Crippen LogP contribution is -2.50. The van der Waals surface area contributed by atoms with Gasteiger partial charge < -0.3 is 10.1 Å². The number of methoxy groups -OCH3 is 1. The van der Waals surface area contributed by atoms with Gasteiger partial charge in [0.15, 0.2) is 0 Å². The van der Waals surface area contributed by atoms with E-state index in [4.69, 9.17) is 16.3 Å². The Kier molecular flexibility index (Phi) is 5.71. The first-order valence-electron chi connectivity index (χ1n) is 10.5. The summed E-state index contributed by atoms with van der Waals surface area (Å²) in [6.07, 6.45) is 0. The summed E-state index contributed by atoms with van der Waals surface area (Å²) in [5.41, 5.74) is 2.31. The Labute approximate surface area is 205 Å². The standard InChI is InChI=1S/C25H20ClN3O4S/c1-33-21-12-5-3-10-19(21)27-22(30)14-28-20-11-4-2-9-18(20)25(24(28)32)29(23(31)15-34-25)17-8-6-7-16(26)13-17/h2-13H,14-15H2,1H3,(H,27,30). The molecule has 1 atom stereocenters. The maximum Gasteiger partial charge on any atom is 0.269 e. The average Bonchev–Trinajstić information content (AvgIpc) is 3.30. The van der Waals surface area contributed by atoms with E-state index in [1.165, 1.54) is 28.7 Å². The Morgan fingerprint density at radius 3 is 2.65 bits per heavy atom. The summed E-state index contributed by atoms with van der Waals surface area (Å²) < 4.78 is 5.30. The second-order valence-electron chi connectivity index (χ2n) is 7.80. The molecule has 34 heavy (non-hydrogen) atoms. The highest BCUT2D eigenvalue weighted by Gasteiger charge is 2.61. The van der Waals surface area contributed by atoms with Crippen LogP contribution in [-0.4, -0.2) is 37.1 Å². The smallest absolute Gasteiger partial charge is 0.269 e. The van der Waals surface area contributed by atoms with Gasteiger partial charge in [-0.25, -0.2) is 0 Å². The van der Waals surface area contributed by atoms with Crippen molar-refractivity contribution in [3.05, 3.63) is 83.4 Å². The molecule has 0 saturated carbocycles. The topological polar surface area (TPSA) is 79.0 Å². The van der Waals surface area contributed by atoms with Gasteiger partial charge in [0.2, 0.25) is 16.7 Å². The van der Waals surface area contributed by atoms with E-state index in [1.807, 2.05) is 12.1 Å². The van der Waals surface area contributed by atoms with Crippen LogP contribution in [-0.2, 0) is 19.3 Å². The van der Waals surface area contributed by atoms with Crippen molar-refractivity contribution >= 4 is 58.1 Å². The lowest BCUT2D eigenvalue weighted by atomic mass is 10.0. The number of para-hydroxylation sites is 3. The summed E-state index contributed by atoms with van der Waals surface area (Å²) >= 11 is 7.45. The van der Waals surface area contributed by atoms with Crippen LogP contribution in [0.2, 0.25) is 5.02 Å². The van der Waals surface area contributed by atoms with E-state index in [9.17, 15) is 14.4 Å². The molecule has 1 unspecified atom stereocenters. The minimum atomic E-state index is -1.30. The van der Waals surface area contributed by atoms with E-state index in [-0.39, 0.29) is 30.0 Å². The van der Waals surface area contributed by atoms with Crippen molar-refractivity contribution in [2.24, 2.45) is 0 Å². The molecule has 0 aliphatic carbocycles. The monoisotopic (exact) mass is 493 g/mol. The van der Waals surface area contributed by atoms with Gasteiger partial charge in [0.05, 0.1) is 24.2 Å². The summed E-state index contributed by atoms with van der Waals surface area (Å²) in [5, 5.41) is 3.28. The van der Waals surface area contributed by atoms with E-state index >= 15 is 0 Å². The van der Waals surface area contributed by atoms with Crippen molar-refractivity contribution in [3.63, 3.8) is 0 Å². The SMILES string of the molecule is COc1ccccc1NC(=O)CN1C(=O)C2(SCC(=O)N2c2cccc(Cl)c2)c2ccccc21. The van der Waals surface area contributed by atoms with Crippen LogP contribution in [0.5, 0.6) is 5.75 Å². The summed E-state index contributed by atoms with van der Waals surface area (Å²) in [4.78, 5) is 41.7. The van der Waals surface area contributed by atoms with E-state index in [0.717, 1.165) is 0 Å². The van der Waals surface area contributed by atoms with Crippen molar-refractivity contribution in [1.82, 2.24) is 0 Å². The number of amides is 3. The molecule has 172 valence electrons. The number of hydrogen-bond donors (Lipinski definition) is 1. The Hall–Kier alpha value is -3.49. The van der Waals surface area contributed by atoms with Crippen molar-refractivity contribution in [1.29, 1.82) is 0 Å². The van der Waals surface area contributed by atoms with Crippen LogP contribution >= 0.6 is 23.4 Å². The largest absolute Gasteiger partial charge is 0.495 e. The number of carbonyl (C=O) groups is 3. The molecular weight excluding hydrogens is 474 g/mol. The molecule has 3 aromatic rings. The molecular formula is C25H20ClN3O4S. The van der Waals surface area contributed by atoms with E-state index in [1.54, 1.807) is 60.7 Å². The van der Waals surface area contributed by atoms with Crippen molar-refractivity contribution < 1.29 is 19.1 Å². The summed E-state index contributed by atoms with van der Waals surface area (Å²) in [6.45, 7) is -0.215. The number of ether oxygens (including phenoxy) is 1. The number of hydrogen-bond acceptors (Lipinski definition) is 5. The maximum absolute atomic E-state index is 14.0. The first-order chi connectivity index (χ1) is 16.5. The molecule has 9 heteroatoms. The molecule has 1 fully saturated rings. The number of nitrogens with one attached hydrogen (secondary N) is 1. The van der Waals surface area contributed by atoms with Gasteiger partial charge in [-0.15, -0.1) is 11.8 Å². The fraction of sp³-hybridized carbons (Fsp3) is 0.160. The number of fused-ring (bicyclic) bond motifs is 2. The Bertz CT molecular complexity index is 1320. The van der Waals surface area contributed by atoms with Gasteiger partial charge in [-0.3, -0.25) is 24.2 Å². The van der Waals surface area contributed by atoms with E-state index < -0.39 is 4.87 Å². The number of nitrogens with zero attached hydrogens (tertiary/aromatic N) is 2. The number of halogens is 1. The zero-order valence-corrected chi connectivity index (χ0v) is 19.7. The molecule has 2 aliphatic heterocycles. The molecule has 1 saturated heterocycles. The molecule has 5 rings (SSSR count). The average molecular weight is 494 g/mol. The number of benzene rings is 3. The third kappa shape index (κ3) is 3.50. The number of thioether (sulfide) groups is 1. The minimum absolute atomic E-state index is 0.133. The van der Waals surface area contributed by atoms with Crippen LogP contribution < -0.4 is 19.9 Å². The summed E-state index contributed by atoms with van der Waals surface area (Å²) in [6, 6.07) is 21.2. The second kappa shape index (κ2) is 8.70. The first-order valence-corrected chi connectivity index (χ1v) is 11.9. The molecule has 0 aromatic heterocycles. The lowest BCUT2D eigenvalue weighted by Gasteiger charge is -2.33. The molecule has 1 spiro atoms. The fourth-order valence-corrected chi connectivity index (χ4v) is 5.95. The Balaban J connectivity index is 1.52. The van der Waals surface area contributed by atoms with Crippen LogP contribution in [0.25, 0.3) is 0 Å². The Morgan fingerprint density at radius 1 is 1.09 bits per heavy atom. The van der Waals surface area contributed by atoms with Gasteiger partial charge in [0.25, 0.3) is 5.91 Å². The highest BCUT2D eigenvalue weighted by molar-refractivity contribution is 8.02. The lowest BCUT2D eigenvalue weighted by molar-refractivity contribution is -0.124. The van der Waals surface area contributed by atoms with Gasteiger partial charge >= 0.3 is 0 Å². The molecule has 7 nitrogen and oxygen atoms in total. The van der Waals surface area contributed by atoms with E-state index in [0.29, 0.717) is 33.4 Å². The van der Waals surface area contributed by atoms with Crippen LogP contribution in [0, 0.1) is 0 Å². The third-order valence-electron chi connectivity index (χ3n) is 5.81. The number of anilines is 3. The third-order valence-corrected chi connectivity index (χ3v) is 7.43. The number of carbonyl (C=O) groups excluding carboxylic acids is 3. The van der Waals surface area contributed by atoms with Crippen LogP contribution in [0.1, 0.15) is 5.56 Å². The predicted octanol–water partition coefficient (Wildman–Crippen LogP) is 4.27. The highest BCUT2D eigenvalue weighted by Crippen LogP contribution is 2.55.